The summed E-state index contributed by atoms with van der Waals surface area (Å²) in [5.74, 6) is -0.0569. The van der Waals surface area contributed by atoms with Gasteiger partial charge >= 0.3 is 5.97 Å². The SMILES string of the molecule is CCCCCCCCC/C=C/C(O)C(CO)NC(=O)CCCCCCCCCCCCC/C=C\CCCCCCCCCCCCCCOC(=O)CCCCCCCCCCCCC. The van der Waals surface area contributed by atoms with E-state index in [2.05, 4.69) is 31.3 Å². The van der Waals surface area contributed by atoms with Crippen molar-refractivity contribution in [3.05, 3.63) is 24.3 Å². The second-order valence-electron chi connectivity index (χ2n) is 19.6. The number of hydrogen-bond acceptors (Lipinski definition) is 5. The van der Waals surface area contributed by atoms with Crippen molar-refractivity contribution in [3.8, 4) is 0 Å². The second kappa shape index (κ2) is 54.0. The molecule has 0 fully saturated rings. The normalized spacial score (nSPS) is 12.8. The van der Waals surface area contributed by atoms with Crippen LogP contribution < -0.4 is 5.32 Å². The average molecular weight is 903 g/mol. The number of unbranched alkanes of at least 4 members (excludes halogenated alkanes) is 40. The van der Waals surface area contributed by atoms with Gasteiger partial charge in [0.25, 0.3) is 0 Å². The molecule has 0 aliphatic heterocycles. The Kier molecular flexibility index (Phi) is 52.6. The van der Waals surface area contributed by atoms with E-state index in [-0.39, 0.29) is 18.5 Å². The number of carbonyl (C=O) groups is 2. The molecule has 0 aromatic rings. The van der Waals surface area contributed by atoms with Crippen LogP contribution in [-0.2, 0) is 14.3 Å². The third-order valence-electron chi connectivity index (χ3n) is 13.2. The number of amides is 1. The summed E-state index contributed by atoms with van der Waals surface area (Å²) >= 11 is 0. The Labute approximate surface area is 399 Å². The minimum atomic E-state index is -0.842. The lowest BCUT2D eigenvalue weighted by molar-refractivity contribution is -0.143. The van der Waals surface area contributed by atoms with Gasteiger partial charge in [-0.1, -0.05) is 263 Å². The number of rotatable bonds is 53. The van der Waals surface area contributed by atoms with Crippen molar-refractivity contribution < 1.29 is 24.5 Å². The number of ether oxygens (including phenoxy) is 1. The van der Waals surface area contributed by atoms with Crippen molar-refractivity contribution in [1.29, 1.82) is 0 Å². The van der Waals surface area contributed by atoms with Gasteiger partial charge in [0.15, 0.2) is 0 Å². The third kappa shape index (κ3) is 49.8. The Balaban J connectivity index is 3.37. The first kappa shape index (κ1) is 62.3. The molecule has 378 valence electrons. The molecule has 6 heteroatoms. The second-order valence-corrected chi connectivity index (χ2v) is 19.6. The van der Waals surface area contributed by atoms with Crippen molar-refractivity contribution in [2.45, 2.75) is 321 Å². The molecule has 64 heavy (non-hydrogen) atoms. The van der Waals surface area contributed by atoms with Gasteiger partial charge in [-0.15, -0.1) is 0 Å². The predicted octanol–water partition coefficient (Wildman–Crippen LogP) is 17.5. The molecular formula is C58H111NO5. The van der Waals surface area contributed by atoms with E-state index >= 15 is 0 Å². The molecule has 2 unspecified atom stereocenters. The lowest BCUT2D eigenvalue weighted by Gasteiger charge is -2.20. The van der Waals surface area contributed by atoms with Crippen molar-refractivity contribution in [3.63, 3.8) is 0 Å². The van der Waals surface area contributed by atoms with Gasteiger partial charge in [-0.05, 0) is 57.8 Å². The van der Waals surface area contributed by atoms with Crippen LogP contribution in [0.2, 0.25) is 0 Å². The highest BCUT2D eigenvalue weighted by atomic mass is 16.5. The molecule has 0 saturated carbocycles. The number of hydrogen-bond donors (Lipinski definition) is 3. The maximum absolute atomic E-state index is 12.4. The first-order valence-electron chi connectivity index (χ1n) is 28.6. The van der Waals surface area contributed by atoms with Crippen molar-refractivity contribution in [2.75, 3.05) is 13.2 Å². The van der Waals surface area contributed by atoms with E-state index in [9.17, 15) is 19.8 Å². The molecule has 2 atom stereocenters. The van der Waals surface area contributed by atoms with E-state index < -0.39 is 12.1 Å². The summed E-state index contributed by atoms with van der Waals surface area (Å²) in [5.41, 5.74) is 0. The first-order chi connectivity index (χ1) is 31.5. The van der Waals surface area contributed by atoms with Crippen LogP contribution in [0.5, 0.6) is 0 Å². The van der Waals surface area contributed by atoms with Crippen LogP contribution in [0.25, 0.3) is 0 Å². The molecule has 0 saturated heterocycles. The molecule has 0 rings (SSSR count). The highest BCUT2D eigenvalue weighted by Gasteiger charge is 2.18. The highest BCUT2D eigenvalue weighted by molar-refractivity contribution is 5.76. The standard InChI is InChI=1S/C58H111NO5/c1-3-5-7-9-11-13-31-36-40-44-48-52-58(63)64-53-49-45-41-37-33-30-28-26-24-22-20-18-16-14-15-17-19-21-23-25-27-29-32-35-39-43-47-51-57(62)59-55(54-60)56(61)50-46-42-38-34-12-10-8-6-4-2/h14-15,46,50,55-56,60-61H,3-13,16-45,47-49,51-54H2,1-2H3,(H,59,62)/b15-14-,50-46+. The molecule has 0 bridgehead atoms. The fourth-order valence-corrected chi connectivity index (χ4v) is 8.81. The number of allylic oxidation sites excluding steroid dienone is 3. The summed E-state index contributed by atoms with van der Waals surface area (Å²) in [5, 5.41) is 22.9. The highest BCUT2D eigenvalue weighted by Crippen LogP contribution is 2.16. The zero-order valence-electron chi connectivity index (χ0n) is 43.0. The fourth-order valence-electron chi connectivity index (χ4n) is 8.81. The monoisotopic (exact) mass is 902 g/mol. The Morgan fingerprint density at radius 3 is 1.11 bits per heavy atom. The van der Waals surface area contributed by atoms with Gasteiger partial charge in [-0.3, -0.25) is 9.59 Å². The van der Waals surface area contributed by atoms with E-state index in [0.29, 0.717) is 19.4 Å². The van der Waals surface area contributed by atoms with E-state index in [1.165, 1.54) is 244 Å². The van der Waals surface area contributed by atoms with Crippen LogP contribution in [0, 0.1) is 0 Å². The summed E-state index contributed by atoms with van der Waals surface area (Å²) in [6, 6.07) is -0.625. The van der Waals surface area contributed by atoms with E-state index in [0.717, 1.165) is 38.5 Å². The summed E-state index contributed by atoms with van der Waals surface area (Å²) < 4.78 is 5.46. The topological polar surface area (TPSA) is 95.9 Å². The number of esters is 1. The van der Waals surface area contributed by atoms with Gasteiger partial charge < -0.3 is 20.3 Å². The minimum absolute atomic E-state index is 0.0142. The van der Waals surface area contributed by atoms with Gasteiger partial charge in [0.05, 0.1) is 25.4 Å². The zero-order chi connectivity index (χ0) is 46.5. The van der Waals surface area contributed by atoms with Crippen molar-refractivity contribution in [1.82, 2.24) is 5.32 Å². The molecular weight excluding hydrogens is 791 g/mol. The molecule has 1 amide bonds. The molecule has 6 nitrogen and oxygen atoms in total. The number of nitrogens with one attached hydrogen (secondary N) is 1. The van der Waals surface area contributed by atoms with Crippen LogP contribution in [0.4, 0.5) is 0 Å². The summed E-state index contributed by atoms with van der Waals surface area (Å²) in [7, 11) is 0. The maximum atomic E-state index is 12.4. The van der Waals surface area contributed by atoms with Gasteiger partial charge in [-0.2, -0.15) is 0 Å². The molecule has 3 N–H and O–H groups in total. The molecule has 0 radical (unpaired) electrons. The fraction of sp³-hybridized carbons (Fsp3) is 0.897. The number of aliphatic hydroxyl groups is 2. The number of carbonyl (C=O) groups excluding carboxylic acids is 2. The largest absolute Gasteiger partial charge is 0.466 e. The van der Waals surface area contributed by atoms with E-state index in [1.54, 1.807) is 6.08 Å². The summed E-state index contributed by atoms with van der Waals surface area (Å²) in [6.07, 6.45) is 65.1. The van der Waals surface area contributed by atoms with Crippen LogP contribution in [-0.4, -0.2) is 47.4 Å². The van der Waals surface area contributed by atoms with Crippen molar-refractivity contribution >= 4 is 11.9 Å². The average Bonchev–Trinajstić information content (AvgIpc) is 3.29. The lowest BCUT2D eigenvalue weighted by Crippen LogP contribution is -2.45. The molecule has 0 aliphatic rings. The lowest BCUT2D eigenvalue weighted by atomic mass is 10.0. The Bertz CT molecular complexity index is 997. The van der Waals surface area contributed by atoms with Crippen molar-refractivity contribution in [2.24, 2.45) is 0 Å². The van der Waals surface area contributed by atoms with Crippen LogP contribution in [0.1, 0.15) is 309 Å². The molecule has 0 aromatic heterocycles. The number of aliphatic hydroxyl groups excluding tert-OH is 2. The van der Waals surface area contributed by atoms with Crippen LogP contribution in [0.15, 0.2) is 24.3 Å². The summed E-state index contributed by atoms with van der Waals surface area (Å²) in [4.78, 5) is 24.4. The first-order valence-corrected chi connectivity index (χ1v) is 28.6. The smallest absolute Gasteiger partial charge is 0.305 e. The van der Waals surface area contributed by atoms with Gasteiger partial charge in [0.2, 0.25) is 5.91 Å². The van der Waals surface area contributed by atoms with Gasteiger partial charge in [0.1, 0.15) is 0 Å². The minimum Gasteiger partial charge on any atom is -0.466 e. The molecule has 0 heterocycles. The third-order valence-corrected chi connectivity index (χ3v) is 13.2. The van der Waals surface area contributed by atoms with Crippen LogP contribution in [0.3, 0.4) is 0 Å². The molecule has 0 aromatic carbocycles. The Morgan fingerprint density at radius 2 is 0.734 bits per heavy atom. The molecule has 0 aliphatic carbocycles. The summed E-state index contributed by atoms with van der Waals surface area (Å²) in [6.45, 7) is 4.88. The Hall–Kier alpha value is -1.66. The Morgan fingerprint density at radius 1 is 0.422 bits per heavy atom. The maximum Gasteiger partial charge on any atom is 0.305 e. The van der Waals surface area contributed by atoms with Gasteiger partial charge in [0, 0.05) is 12.8 Å². The predicted molar refractivity (Wildman–Crippen MR) is 278 cm³/mol. The van der Waals surface area contributed by atoms with E-state index in [4.69, 9.17) is 4.74 Å². The zero-order valence-corrected chi connectivity index (χ0v) is 43.0. The quantitative estimate of drug-likeness (QED) is 0.0321. The van der Waals surface area contributed by atoms with Crippen LogP contribution >= 0.6 is 0 Å². The van der Waals surface area contributed by atoms with Gasteiger partial charge in [-0.25, -0.2) is 0 Å². The molecule has 0 spiro atoms. The van der Waals surface area contributed by atoms with E-state index in [1.807, 2.05) is 6.08 Å².